The van der Waals surface area contributed by atoms with Crippen molar-refractivity contribution in [3.63, 3.8) is 0 Å². The normalized spacial score (nSPS) is 11.8. The van der Waals surface area contributed by atoms with Crippen molar-refractivity contribution in [1.29, 1.82) is 0 Å². The van der Waals surface area contributed by atoms with E-state index in [1.807, 2.05) is 18.2 Å². The lowest BCUT2D eigenvalue weighted by Crippen LogP contribution is -2.31. The second kappa shape index (κ2) is 7.28. The van der Waals surface area contributed by atoms with Crippen molar-refractivity contribution >= 4 is 23.5 Å². The van der Waals surface area contributed by atoms with Crippen LogP contribution in [0.25, 0.3) is 5.69 Å². The second-order valence-electron chi connectivity index (χ2n) is 5.21. The van der Waals surface area contributed by atoms with E-state index in [0.717, 1.165) is 0 Å². The van der Waals surface area contributed by atoms with Gasteiger partial charge in [-0.25, -0.2) is 9.48 Å². The first kappa shape index (κ1) is 17.0. The number of nitrogens with zero attached hydrogens (tertiary/aromatic N) is 2. The van der Waals surface area contributed by atoms with Crippen LogP contribution in [0.5, 0.6) is 0 Å². The van der Waals surface area contributed by atoms with Gasteiger partial charge in [-0.15, -0.1) is 0 Å². The number of benzene rings is 1. The van der Waals surface area contributed by atoms with E-state index in [4.69, 9.17) is 16.3 Å². The van der Waals surface area contributed by atoms with Gasteiger partial charge >= 0.3 is 5.97 Å². The van der Waals surface area contributed by atoms with Gasteiger partial charge in [0.15, 0.2) is 5.69 Å². The Morgan fingerprint density at radius 1 is 1.39 bits per heavy atom. The van der Waals surface area contributed by atoms with Crippen LogP contribution in [0.4, 0.5) is 0 Å². The molecule has 122 valence electrons. The Labute approximate surface area is 139 Å². The molecular weight excluding hydrogens is 318 g/mol. The van der Waals surface area contributed by atoms with Crippen LogP contribution in [0.2, 0.25) is 5.02 Å². The van der Waals surface area contributed by atoms with Crippen molar-refractivity contribution in [2.24, 2.45) is 0 Å². The summed E-state index contributed by atoms with van der Waals surface area (Å²) in [5, 5.41) is 7.39. The van der Waals surface area contributed by atoms with E-state index >= 15 is 0 Å². The van der Waals surface area contributed by atoms with Crippen molar-refractivity contribution in [3.8, 4) is 5.69 Å². The minimum absolute atomic E-state index is 0.174. The number of carbonyl (C=O) groups excluding carboxylic acids is 2. The molecule has 0 saturated carbocycles. The largest absolute Gasteiger partial charge is 0.456 e. The number of esters is 1. The van der Waals surface area contributed by atoms with Crippen LogP contribution < -0.4 is 5.32 Å². The highest BCUT2D eigenvalue weighted by Crippen LogP contribution is 2.20. The summed E-state index contributed by atoms with van der Waals surface area (Å²) in [7, 11) is 0. The topological polar surface area (TPSA) is 73.2 Å². The monoisotopic (exact) mass is 335 g/mol. The zero-order chi connectivity index (χ0) is 17.0. The van der Waals surface area contributed by atoms with Crippen LogP contribution in [0.15, 0.2) is 30.5 Å². The maximum absolute atomic E-state index is 12.2. The van der Waals surface area contributed by atoms with Crippen LogP contribution >= 0.6 is 11.6 Å². The number of aryl methyl sites for hydroxylation is 1. The number of nitrogens with one attached hydrogen (secondary N) is 1. The molecule has 2 rings (SSSR count). The highest BCUT2D eigenvalue weighted by atomic mass is 35.5. The smallest absolute Gasteiger partial charge is 0.359 e. The predicted molar refractivity (Wildman–Crippen MR) is 86.9 cm³/mol. The van der Waals surface area contributed by atoms with Gasteiger partial charge in [-0.1, -0.05) is 23.7 Å². The third kappa shape index (κ3) is 4.32. The van der Waals surface area contributed by atoms with Gasteiger partial charge in [0.2, 0.25) is 5.91 Å². The minimum Gasteiger partial charge on any atom is -0.456 e. The molecule has 1 amide bonds. The summed E-state index contributed by atoms with van der Waals surface area (Å²) in [4.78, 5) is 23.1. The molecule has 7 heteroatoms. The number of aromatic nitrogens is 2. The fourth-order valence-electron chi connectivity index (χ4n) is 1.99. The van der Waals surface area contributed by atoms with Crippen molar-refractivity contribution in [2.45, 2.75) is 26.9 Å². The van der Waals surface area contributed by atoms with Gasteiger partial charge in [0.1, 0.15) is 6.10 Å². The van der Waals surface area contributed by atoms with Crippen LogP contribution in [-0.4, -0.2) is 34.3 Å². The maximum atomic E-state index is 12.2. The molecule has 0 spiro atoms. The van der Waals surface area contributed by atoms with Crippen LogP contribution in [0.3, 0.4) is 0 Å². The summed E-state index contributed by atoms with van der Waals surface area (Å²) in [6.45, 7) is 5.14. The Hall–Kier alpha value is -2.34. The van der Waals surface area contributed by atoms with Gasteiger partial charge in [-0.05, 0) is 26.0 Å². The number of hydrogen-bond acceptors (Lipinski definition) is 4. The molecular formula is C16H18ClN3O3. The van der Waals surface area contributed by atoms with Crippen molar-refractivity contribution < 1.29 is 14.3 Å². The second-order valence-corrected chi connectivity index (χ2v) is 5.62. The lowest BCUT2D eigenvalue weighted by atomic mass is 10.3. The van der Waals surface area contributed by atoms with E-state index in [0.29, 0.717) is 16.3 Å². The molecule has 0 radical (unpaired) electrons. The Bertz CT molecular complexity index is 727. The fraction of sp³-hybridized carbons (Fsp3) is 0.312. The fourth-order valence-corrected chi connectivity index (χ4v) is 2.21. The van der Waals surface area contributed by atoms with Crippen LogP contribution in [-0.2, 0) is 9.53 Å². The zero-order valence-corrected chi connectivity index (χ0v) is 13.9. The molecule has 0 bridgehead atoms. The number of para-hydroxylation sites is 1. The first-order chi connectivity index (χ1) is 10.9. The minimum atomic E-state index is -0.536. The molecule has 0 fully saturated rings. The van der Waals surface area contributed by atoms with Crippen molar-refractivity contribution in [3.05, 3.63) is 46.7 Å². The Balaban J connectivity index is 2.13. The van der Waals surface area contributed by atoms with Crippen molar-refractivity contribution in [2.75, 3.05) is 6.54 Å². The number of halogens is 1. The molecule has 1 heterocycles. The number of ether oxygens (including phenoxy) is 1. The molecule has 23 heavy (non-hydrogen) atoms. The number of amides is 1. The van der Waals surface area contributed by atoms with Gasteiger partial charge in [-0.3, -0.25) is 4.79 Å². The van der Waals surface area contributed by atoms with Crippen molar-refractivity contribution in [1.82, 2.24) is 15.1 Å². The molecule has 1 N–H and O–H groups in total. The average molecular weight is 336 g/mol. The third-order valence-electron chi connectivity index (χ3n) is 3.14. The van der Waals surface area contributed by atoms with E-state index in [1.54, 1.807) is 30.8 Å². The van der Waals surface area contributed by atoms with Crippen LogP contribution in [0, 0.1) is 6.92 Å². The summed E-state index contributed by atoms with van der Waals surface area (Å²) < 4.78 is 6.83. The lowest BCUT2D eigenvalue weighted by molar-refractivity contribution is -0.119. The van der Waals surface area contributed by atoms with E-state index in [-0.39, 0.29) is 18.1 Å². The van der Waals surface area contributed by atoms with Gasteiger partial charge < -0.3 is 10.1 Å². The maximum Gasteiger partial charge on any atom is 0.359 e. The summed E-state index contributed by atoms with van der Waals surface area (Å²) in [5.41, 5.74) is 1.59. The SMILES string of the molecule is CC(=O)NC[C@@H](C)OC(=O)c1nn(-c2ccccc2Cl)cc1C. The predicted octanol–water partition coefficient (Wildman–Crippen LogP) is 2.52. The Morgan fingerprint density at radius 2 is 2.09 bits per heavy atom. The number of carbonyl (C=O) groups is 2. The standard InChI is InChI=1S/C16H18ClN3O3/c1-10-9-20(14-7-5-4-6-13(14)17)19-15(10)16(22)23-11(2)8-18-12(3)21/h4-7,9,11H,8H2,1-3H3,(H,18,21)/t11-/m1/s1. The first-order valence-corrected chi connectivity index (χ1v) is 7.53. The molecule has 6 nitrogen and oxygen atoms in total. The summed E-state index contributed by atoms with van der Waals surface area (Å²) in [6.07, 6.45) is 1.27. The Morgan fingerprint density at radius 3 is 2.74 bits per heavy atom. The van der Waals surface area contributed by atoms with E-state index in [9.17, 15) is 9.59 Å². The molecule has 0 saturated heterocycles. The lowest BCUT2D eigenvalue weighted by Gasteiger charge is -2.12. The molecule has 0 aliphatic rings. The third-order valence-corrected chi connectivity index (χ3v) is 3.46. The molecule has 2 aromatic rings. The Kier molecular flexibility index (Phi) is 5.39. The highest BCUT2D eigenvalue weighted by molar-refractivity contribution is 6.32. The molecule has 1 aromatic carbocycles. The average Bonchev–Trinajstić information content (AvgIpc) is 2.87. The number of rotatable bonds is 5. The van der Waals surface area contributed by atoms with Crippen LogP contribution in [0.1, 0.15) is 29.9 Å². The van der Waals surface area contributed by atoms with E-state index in [2.05, 4.69) is 10.4 Å². The molecule has 0 aliphatic heterocycles. The quantitative estimate of drug-likeness (QED) is 0.852. The summed E-state index contributed by atoms with van der Waals surface area (Å²) in [5.74, 6) is -0.710. The number of hydrogen-bond donors (Lipinski definition) is 1. The van der Waals surface area contributed by atoms with Gasteiger partial charge in [0.05, 0.1) is 17.3 Å². The molecule has 0 unspecified atom stereocenters. The summed E-state index contributed by atoms with van der Waals surface area (Å²) >= 11 is 6.14. The molecule has 1 aromatic heterocycles. The summed E-state index contributed by atoms with van der Waals surface area (Å²) in [6, 6.07) is 7.22. The zero-order valence-electron chi connectivity index (χ0n) is 13.2. The van der Waals surface area contributed by atoms with Gasteiger partial charge in [0.25, 0.3) is 0 Å². The molecule has 1 atom stereocenters. The van der Waals surface area contributed by atoms with E-state index in [1.165, 1.54) is 6.92 Å². The van der Waals surface area contributed by atoms with E-state index < -0.39 is 12.1 Å². The first-order valence-electron chi connectivity index (χ1n) is 7.15. The molecule has 0 aliphatic carbocycles. The van der Waals surface area contributed by atoms with Gasteiger partial charge in [0, 0.05) is 18.7 Å². The van der Waals surface area contributed by atoms with Gasteiger partial charge in [-0.2, -0.15) is 5.10 Å². The highest BCUT2D eigenvalue weighted by Gasteiger charge is 2.19.